The van der Waals surface area contributed by atoms with Gasteiger partial charge in [0.25, 0.3) is 0 Å². The van der Waals surface area contributed by atoms with E-state index in [2.05, 4.69) is 25.0 Å². The highest BCUT2D eigenvalue weighted by Gasteiger charge is 2.19. The van der Waals surface area contributed by atoms with Crippen molar-refractivity contribution in [3.63, 3.8) is 0 Å². The highest BCUT2D eigenvalue weighted by molar-refractivity contribution is 7.71. The molecule has 0 unspecified atom stereocenters. The molecule has 1 N–H and O–H groups in total. The highest BCUT2D eigenvalue weighted by Crippen LogP contribution is 2.19. The standard InChI is InChI=1S/C16H15N5OS/c23-16-17-8-12-9-21(7-6-13(12)18-16)10-14-19-15(20-22-14)11-4-2-1-3-5-11/h1-5,8H,6-7,9-10H2,(H,17,18,23). The molecule has 0 saturated carbocycles. The first-order valence-electron chi connectivity index (χ1n) is 7.45. The monoisotopic (exact) mass is 325 g/mol. The second-order valence-corrected chi connectivity index (χ2v) is 5.92. The Hall–Kier alpha value is -2.38. The fourth-order valence-electron chi connectivity index (χ4n) is 2.76. The lowest BCUT2D eigenvalue weighted by Gasteiger charge is -2.26. The van der Waals surface area contributed by atoms with Gasteiger partial charge in [0.1, 0.15) is 0 Å². The van der Waals surface area contributed by atoms with E-state index in [9.17, 15) is 0 Å². The lowest BCUT2D eigenvalue weighted by Crippen LogP contribution is -2.31. The number of aromatic nitrogens is 4. The van der Waals surface area contributed by atoms with Gasteiger partial charge in [-0.1, -0.05) is 35.5 Å². The van der Waals surface area contributed by atoms with Gasteiger partial charge in [0, 0.05) is 42.5 Å². The molecule has 1 aromatic carbocycles. The van der Waals surface area contributed by atoms with Crippen molar-refractivity contribution < 1.29 is 4.52 Å². The predicted molar refractivity (Wildman–Crippen MR) is 87.0 cm³/mol. The van der Waals surface area contributed by atoms with Gasteiger partial charge in [0.2, 0.25) is 11.7 Å². The van der Waals surface area contributed by atoms with Crippen molar-refractivity contribution in [3.05, 3.63) is 58.4 Å². The second kappa shape index (κ2) is 6.02. The van der Waals surface area contributed by atoms with Crippen molar-refractivity contribution in [2.75, 3.05) is 6.54 Å². The summed E-state index contributed by atoms with van der Waals surface area (Å²) >= 11 is 5.07. The van der Waals surface area contributed by atoms with Crippen LogP contribution in [0.3, 0.4) is 0 Å². The molecule has 0 aliphatic carbocycles. The molecule has 23 heavy (non-hydrogen) atoms. The molecule has 0 radical (unpaired) electrons. The van der Waals surface area contributed by atoms with E-state index < -0.39 is 0 Å². The fourth-order valence-corrected chi connectivity index (χ4v) is 2.93. The molecule has 7 heteroatoms. The normalized spacial score (nSPS) is 14.6. The molecule has 2 aromatic heterocycles. The zero-order valence-corrected chi connectivity index (χ0v) is 13.2. The van der Waals surface area contributed by atoms with Crippen LogP contribution in [-0.2, 0) is 19.5 Å². The topological polar surface area (TPSA) is 70.8 Å². The van der Waals surface area contributed by atoms with Crippen molar-refractivity contribution in [1.82, 2.24) is 25.0 Å². The lowest BCUT2D eigenvalue weighted by molar-refractivity contribution is 0.208. The molecule has 3 aromatic rings. The van der Waals surface area contributed by atoms with E-state index in [1.54, 1.807) is 0 Å². The van der Waals surface area contributed by atoms with Gasteiger partial charge in [-0.25, -0.2) is 4.98 Å². The van der Waals surface area contributed by atoms with Gasteiger partial charge in [-0.05, 0) is 12.2 Å². The van der Waals surface area contributed by atoms with E-state index in [4.69, 9.17) is 16.7 Å². The minimum atomic E-state index is 0.543. The van der Waals surface area contributed by atoms with Crippen LogP contribution in [0.1, 0.15) is 17.1 Å². The highest BCUT2D eigenvalue weighted by atomic mass is 32.1. The van der Waals surface area contributed by atoms with E-state index in [-0.39, 0.29) is 0 Å². The van der Waals surface area contributed by atoms with Gasteiger partial charge >= 0.3 is 0 Å². The van der Waals surface area contributed by atoms with Gasteiger partial charge < -0.3 is 9.51 Å². The Morgan fingerprint density at radius 3 is 3.00 bits per heavy atom. The lowest BCUT2D eigenvalue weighted by atomic mass is 10.1. The number of hydrogen-bond donors (Lipinski definition) is 1. The smallest absolute Gasteiger partial charge is 0.241 e. The van der Waals surface area contributed by atoms with Gasteiger partial charge in [0.05, 0.1) is 6.54 Å². The largest absolute Gasteiger partial charge is 0.338 e. The molecule has 1 aliphatic rings. The molecular formula is C16H15N5OS. The maximum absolute atomic E-state index is 5.39. The number of H-pyrrole nitrogens is 1. The summed E-state index contributed by atoms with van der Waals surface area (Å²) in [7, 11) is 0. The van der Waals surface area contributed by atoms with Crippen molar-refractivity contribution >= 4 is 12.2 Å². The Morgan fingerprint density at radius 2 is 2.13 bits per heavy atom. The van der Waals surface area contributed by atoms with Gasteiger partial charge in [-0.3, -0.25) is 4.90 Å². The molecule has 4 rings (SSSR count). The maximum Gasteiger partial charge on any atom is 0.241 e. The first-order chi connectivity index (χ1) is 11.3. The molecule has 0 saturated heterocycles. The molecule has 0 bridgehead atoms. The van der Waals surface area contributed by atoms with Gasteiger partial charge in [0.15, 0.2) is 4.77 Å². The Morgan fingerprint density at radius 1 is 1.26 bits per heavy atom. The van der Waals surface area contributed by atoms with E-state index in [0.717, 1.165) is 25.1 Å². The van der Waals surface area contributed by atoms with Crippen LogP contribution in [0.5, 0.6) is 0 Å². The quantitative estimate of drug-likeness (QED) is 0.747. The number of nitrogens with one attached hydrogen (secondary N) is 1. The third-order valence-corrected chi connectivity index (χ3v) is 4.12. The molecule has 1 aliphatic heterocycles. The number of hydrogen-bond acceptors (Lipinski definition) is 6. The van der Waals surface area contributed by atoms with E-state index in [1.165, 1.54) is 11.3 Å². The van der Waals surface area contributed by atoms with E-state index in [0.29, 0.717) is 23.0 Å². The van der Waals surface area contributed by atoms with E-state index in [1.807, 2.05) is 36.5 Å². The van der Waals surface area contributed by atoms with Crippen LogP contribution in [0.2, 0.25) is 0 Å². The number of fused-ring (bicyclic) bond motifs is 1. The Bertz CT molecular complexity index is 873. The van der Waals surface area contributed by atoms with Crippen molar-refractivity contribution in [2.24, 2.45) is 0 Å². The maximum atomic E-state index is 5.39. The van der Waals surface area contributed by atoms with Crippen LogP contribution >= 0.6 is 12.2 Å². The first-order valence-corrected chi connectivity index (χ1v) is 7.86. The minimum Gasteiger partial charge on any atom is -0.338 e. The summed E-state index contributed by atoms with van der Waals surface area (Å²) in [6, 6.07) is 9.84. The van der Waals surface area contributed by atoms with Crippen LogP contribution in [-0.4, -0.2) is 31.6 Å². The summed E-state index contributed by atoms with van der Waals surface area (Å²) in [6.07, 6.45) is 2.77. The van der Waals surface area contributed by atoms with Crippen LogP contribution < -0.4 is 0 Å². The van der Waals surface area contributed by atoms with Gasteiger partial charge in [-0.2, -0.15) is 4.98 Å². The van der Waals surface area contributed by atoms with Crippen LogP contribution in [0.15, 0.2) is 41.1 Å². The van der Waals surface area contributed by atoms with Crippen LogP contribution in [0.4, 0.5) is 0 Å². The summed E-state index contributed by atoms with van der Waals surface area (Å²) < 4.78 is 5.93. The number of aromatic amines is 1. The second-order valence-electron chi connectivity index (χ2n) is 5.53. The summed E-state index contributed by atoms with van der Waals surface area (Å²) in [5, 5.41) is 4.06. The average Bonchev–Trinajstić information content (AvgIpc) is 3.04. The Kier molecular flexibility index (Phi) is 3.72. The van der Waals surface area contributed by atoms with E-state index >= 15 is 0 Å². The third-order valence-electron chi connectivity index (χ3n) is 3.91. The zero-order valence-electron chi connectivity index (χ0n) is 12.4. The Labute approximate surface area is 138 Å². The predicted octanol–water partition coefficient (Wildman–Crippen LogP) is 2.75. The van der Waals surface area contributed by atoms with Crippen LogP contribution in [0, 0.1) is 4.77 Å². The molecule has 116 valence electrons. The van der Waals surface area contributed by atoms with Crippen molar-refractivity contribution in [1.29, 1.82) is 0 Å². The molecule has 3 heterocycles. The minimum absolute atomic E-state index is 0.543. The molecule has 0 spiro atoms. The summed E-state index contributed by atoms with van der Waals surface area (Å²) in [5.74, 6) is 1.26. The molecule has 6 nitrogen and oxygen atoms in total. The molecule has 0 amide bonds. The van der Waals surface area contributed by atoms with Crippen molar-refractivity contribution in [3.8, 4) is 11.4 Å². The molecule has 0 atom stereocenters. The SMILES string of the molecule is S=c1ncc2c([nH]1)CCN(Cc1nc(-c3ccccc3)no1)C2. The van der Waals surface area contributed by atoms with Crippen molar-refractivity contribution in [2.45, 2.75) is 19.5 Å². The fraction of sp³-hybridized carbons (Fsp3) is 0.250. The number of nitrogens with zero attached hydrogens (tertiary/aromatic N) is 4. The third kappa shape index (κ3) is 3.06. The first kappa shape index (κ1) is 14.2. The zero-order chi connectivity index (χ0) is 15.6. The summed E-state index contributed by atoms with van der Waals surface area (Å²) in [6.45, 7) is 2.36. The number of benzene rings is 1. The Balaban J connectivity index is 1.48. The number of rotatable bonds is 3. The van der Waals surface area contributed by atoms with Gasteiger partial charge in [-0.15, -0.1) is 0 Å². The molecular weight excluding hydrogens is 310 g/mol. The molecule has 0 fully saturated rings. The summed E-state index contributed by atoms with van der Waals surface area (Å²) in [5.41, 5.74) is 3.31. The van der Waals surface area contributed by atoms with Crippen LogP contribution in [0.25, 0.3) is 11.4 Å². The average molecular weight is 325 g/mol. The summed E-state index contributed by atoms with van der Waals surface area (Å²) in [4.78, 5) is 14.1.